The van der Waals surface area contributed by atoms with Crippen molar-refractivity contribution in [3.8, 4) is 5.75 Å². The number of nitrogens with zero attached hydrogens (tertiary/aromatic N) is 2. The number of ether oxygens (including phenoxy) is 2. The van der Waals surface area contributed by atoms with Gasteiger partial charge in [0.2, 0.25) is 0 Å². The molecule has 0 aliphatic carbocycles. The lowest BCUT2D eigenvalue weighted by atomic mass is 9.93. The first-order valence-electron chi connectivity index (χ1n) is 15.2. The summed E-state index contributed by atoms with van der Waals surface area (Å²) in [6.45, 7) is 2.21. The SMILES string of the molecule is CCOC(=O)C1=C(c2ccccc2)N=c2s/c(=C/c3ccccc3OCc3cccc4ccccc34)c(=O)n2[C@H]1c1ccc(F)cc1. The molecule has 1 aromatic heterocycles. The number of rotatable bonds is 8. The van der Waals surface area contributed by atoms with Crippen LogP contribution in [0.1, 0.15) is 35.2 Å². The van der Waals surface area contributed by atoms with Crippen molar-refractivity contribution in [2.45, 2.75) is 19.6 Å². The molecule has 7 rings (SSSR count). The fourth-order valence-corrected chi connectivity index (χ4v) is 6.84. The Morgan fingerprint density at radius 1 is 0.894 bits per heavy atom. The molecule has 8 heteroatoms. The van der Waals surface area contributed by atoms with Gasteiger partial charge in [0.1, 0.15) is 18.2 Å². The summed E-state index contributed by atoms with van der Waals surface area (Å²) >= 11 is 1.22. The van der Waals surface area contributed by atoms with Crippen LogP contribution in [0.5, 0.6) is 5.75 Å². The Morgan fingerprint density at radius 3 is 2.43 bits per heavy atom. The zero-order chi connectivity index (χ0) is 32.3. The van der Waals surface area contributed by atoms with Crippen LogP contribution >= 0.6 is 11.3 Å². The van der Waals surface area contributed by atoms with Crippen molar-refractivity contribution in [2.24, 2.45) is 4.99 Å². The molecule has 1 aliphatic heterocycles. The van der Waals surface area contributed by atoms with Crippen LogP contribution in [0.2, 0.25) is 0 Å². The van der Waals surface area contributed by atoms with Crippen molar-refractivity contribution in [3.63, 3.8) is 0 Å². The van der Waals surface area contributed by atoms with E-state index in [-0.39, 0.29) is 17.7 Å². The predicted molar refractivity (Wildman–Crippen MR) is 182 cm³/mol. The predicted octanol–water partition coefficient (Wildman–Crippen LogP) is 6.81. The molecule has 0 saturated carbocycles. The standard InChI is InChI=1S/C39H29FN2O4S/c1-2-45-38(44)34-35(26-12-4-3-5-13-26)41-39-42(36(34)27-19-21-30(40)22-20-27)37(43)33(47-39)23-28-14-7-9-18-32(28)46-24-29-16-10-15-25-11-6-8-17-31(25)29/h3-23,36H,2,24H2,1H3/b33-23+/t36-/m0/s1. The van der Waals surface area contributed by atoms with E-state index in [1.165, 1.54) is 28.0 Å². The quantitative estimate of drug-likeness (QED) is 0.172. The van der Waals surface area contributed by atoms with E-state index in [1.807, 2.05) is 78.9 Å². The van der Waals surface area contributed by atoms with E-state index >= 15 is 0 Å². The Bertz CT molecular complexity index is 2320. The summed E-state index contributed by atoms with van der Waals surface area (Å²) in [5, 5.41) is 2.25. The highest BCUT2D eigenvalue weighted by Gasteiger charge is 2.35. The van der Waals surface area contributed by atoms with E-state index in [0.717, 1.165) is 21.9 Å². The fourth-order valence-electron chi connectivity index (χ4n) is 5.85. The van der Waals surface area contributed by atoms with Gasteiger partial charge in [0, 0.05) is 11.1 Å². The topological polar surface area (TPSA) is 69.9 Å². The van der Waals surface area contributed by atoms with Gasteiger partial charge in [-0.05, 0) is 53.1 Å². The number of para-hydroxylation sites is 1. The van der Waals surface area contributed by atoms with Gasteiger partial charge < -0.3 is 9.47 Å². The van der Waals surface area contributed by atoms with E-state index in [1.54, 1.807) is 25.1 Å². The monoisotopic (exact) mass is 640 g/mol. The van der Waals surface area contributed by atoms with Crippen LogP contribution in [0, 0.1) is 5.82 Å². The lowest BCUT2D eigenvalue weighted by Gasteiger charge is -2.25. The second kappa shape index (κ2) is 13.0. The van der Waals surface area contributed by atoms with E-state index in [4.69, 9.17) is 14.5 Å². The number of benzene rings is 5. The first-order chi connectivity index (χ1) is 23.0. The minimum atomic E-state index is -0.888. The molecule has 0 amide bonds. The van der Waals surface area contributed by atoms with Gasteiger partial charge in [-0.1, -0.05) is 114 Å². The number of thiazole rings is 1. The zero-order valence-corrected chi connectivity index (χ0v) is 26.2. The molecule has 47 heavy (non-hydrogen) atoms. The van der Waals surface area contributed by atoms with Gasteiger partial charge in [-0.25, -0.2) is 14.2 Å². The number of halogens is 1. The normalized spacial score (nSPS) is 14.5. The van der Waals surface area contributed by atoms with E-state index < -0.39 is 17.8 Å². The van der Waals surface area contributed by atoms with Gasteiger partial charge in [-0.15, -0.1) is 0 Å². The molecule has 0 bridgehead atoms. The molecule has 2 heterocycles. The number of fused-ring (bicyclic) bond motifs is 2. The molecule has 0 spiro atoms. The van der Waals surface area contributed by atoms with Gasteiger partial charge in [0.25, 0.3) is 5.56 Å². The number of hydrogen-bond acceptors (Lipinski definition) is 6. The van der Waals surface area contributed by atoms with Gasteiger partial charge in [-0.3, -0.25) is 9.36 Å². The van der Waals surface area contributed by atoms with Crippen molar-refractivity contribution >= 4 is 39.9 Å². The second-order valence-corrected chi connectivity index (χ2v) is 12.0. The van der Waals surface area contributed by atoms with Gasteiger partial charge >= 0.3 is 5.97 Å². The number of aromatic nitrogens is 1. The lowest BCUT2D eigenvalue weighted by molar-refractivity contribution is -0.138. The molecular weight excluding hydrogens is 612 g/mol. The third kappa shape index (κ3) is 5.91. The summed E-state index contributed by atoms with van der Waals surface area (Å²) in [6.07, 6.45) is 1.79. The summed E-state index contributed by atoms with van der Waals surface area (Å²) in [5.41, 5.74) is 3.32. The molecule has 6 aromatic rings. The number of carbonyl (C=O) groups excluding carboxylic acids is 1. The lowest BCUT2D eigenvalue weighted by Crippen LogP contribution is -2.40. The molecule has 1 atom stereocenters. The molecular formula is C39H29FN2O4S. The number of carbonyl (C=O) groups is 1. The van der Waals surface area contributed by atoms with Crippen molar-refractivity contribution in [2.75, 3.05) is 6.61 Å². The fraction of sp³-hybridized carbons (Fsp3) is 0.103. The second-order valence-electron chi connectivity index (χ2n) is 10.9. The maximum atomic E-state index is 14.3. The van der Waals surface area contributed by atoms with Crippen LogP contribution < -0.4 is 19.6 Å². The Hall–Kier alpha value is -5.60. The van der Waals surface area contributed by atoms with Crippen molar-refractivity contribution in [1.29, 1.82) is 0 Å². The largest absolute Gasteiger partial charge is 0.488 e. The van der Waals surface area contributed by atoms with E-state index in [0.29, 0.717) is 38.5 Å². The highest BCUT2D eigenvalue weighted by Crippen LogP contribution is 2.35. The number of esters is 1. The molecule has 0 unspecified atom stereocenters. The molecule has 1 aliphatic rings. The maximum absolute atomic E-state index is 14.3. The summed E-state index contributed by atoms with van der Waals surface area (Å²) < 4.78 is 27.8. The average molecular weight is 641 g/mol. The van der Waals surface area contributed by atoms with Crippen molar-refractivity contribution in [1.82, 2.24) is 4.57 Å². The van der Waals surface area contributed by atoms with Crippen molar-refractivity contribution < 1.29 is 18.7 Å². The molecule has 232 valence electrons. The zero-order valence-electron chi connectivity index (χ0n) is 25.4. The van der Waals surface area contributed by atoms with Crippen LogP contribution in [0.25, 0.3) is 22.5 Å². The minimum absolute atomic E-state index is 0.139. The Balaban J connectivity index is 1.36. The Labute approximate surface area is 274 Å². The van der Waals surface area contributed by atoms with Crippen LogP contribution in [0.3, 0.4) is 0 Å². The Morgan fingerprint density at radius 2 is 1.62 bits per heavy atom. The molecule has 0 radical (unpaired) electrons. The first-order valence-corrected chi connectivity index (χ1v) is 16.1. The molecule has 0 saturated heterocycles. The van der Waals surface area contributed by atoms with E-state index in [9.17, 15) is 14.0 Å². The summed E-state index contributed by atoms with van der Waals surface area (Å²) in [6, 6.07) is 36.1. The van der Waals surface area contributed by atoms with E-state index in [2.05, 4.69) is 18.2 Å². The Kier molecular flexibility index (Phi) is 8.33. The van der Waals surface area contributed by atoms with Crippen LogP contribution in [0.15, 0.2) is 137 Å². The van der Waals surface area contributed by atoms with Crippen LogP contribution in [-0.4, -0.2) is 17.1 Å². The third-order valence-electron chi connectivity index (χ3n) is 8.03. The third-order valence-corrected chi connectivity index (χ3v) is 9.01. The molecule has 6 nitrogen and oxygen atoms in total. The van der Waals surface area contributed by atoms with Crippen LogP contribution in [0.4, 0.5) is 4.39 Å². The minimum Gasteiger partial charge on any atom is -0.488 e. The van der Waals surface area contributed by atoms with Crippen molar-refractivity contribution in [3.05, 3.63) is 175 Å². The molecule has 0 fully saturated rings. The highest BCUT2D eigenvalue weighted by atomic mass is 32.1. The summed E-state index contributed by atoms with van der Waals surface area (Å²) in [5.74, 6) is -0.393. The molecule has 0 N–H and O–H groups in total. The maximum Gasteiger partial charge on any atom is 0.338 e. The summed E-state index contributed by atoms with van der Waals surface area (Å²) in [4.78, 5) is 33.2. The molecule has 5 aromatic carbocycles. The summed E-state index contributed by atoms with van der Waals surface area (Å²) in [7, 11) is 0. The van der Waals surface area contributed by atoms with Crippen LogP contribution in [-0.2, 0) is 16.1 Å². The highest BCUT2D eigenvalue weighted by molar-refractivity contribution is 7.07. The van der Waals surface area contributed by atoms with Gasteiger partial charge in [-0.2, -0.15) is 0 Å². The first kappa shape index (κ1) is 30.1. The van der Waals surface area contributed by atoms with Gasteiger partial charge in [0.15, 0.2) is 4.80 Å². The smallest absolute Gasteiger partial charge is 0.338 e. The number of hydrogen-bond donors (Lipinski definition) is 0. The average Bonchev–Trinajstić information content (AvgIpc) is 3.42. The van der Waals surface area contributed by atoms with Gasteiger partial charge in [0.05, 0.1) is 28.5 Å².